The lowest BCUT2D eigenvalue weighted by molar-refractivity contribution is -0.125. The van der Waals surface area contributed by atoms with Gasteiger partial charge in [-0.15, -0.1) is 0 Å². The Morgan fingerprint density at radius 3 is 3.00 bits per heavy atom. The molecule has 1 aliphatic heterocycles. The van der Waals surface area contributed by atoms with E-state index < -0.39 is 5.82 Å². The standard InChI is InChI=1S/C16H20FN3O2/c17-11-4-3-8-18-14(11)20-15(21)19-12-10-5-9-22-13(10)16(12)6-1-2-7-16/h3-4,8,10,12-13H,1-2,5-7,9H2,(H2,18,19,20,21). The summed E-state index contributed by atoms with van der Waals surface area (Å²) in [4.78, 5) is 16.1. The van der Waals surface area contributed by atoms with E-state index in [9.17, 15) is 9.18 Å². The van der Waals surface area contributed by atoms with E-state index in [4.69, 9.17) is 4.74 Å². The van der Waals surface area contributed by atoms with Crippen molar-refractivity contribution >= 4 is 11.8 Å². The molecule has 2 amide bonds. The zero-order chi connectivity index (χ0) is 15.2. The molecule has 2 saturated carbocycles. The molecule has 5 nitrogen and oxygen atoms in total. The summed E-state index contributed by atoms with van der Waals surface area (Å²) in [5.74, 6) is -0.152. The van der Waals surface area contributed by atoms with E-state index in [1.807, 2.05) is 0 Å². The smallest absolute Gasteiger partial charge is 0.320 e. The van der Waals surface area contributed by atoms with Crippen LogP contribution in [0.5, 0.6) is 0 Å². The number of urea groups is 1. The Morgan fingerprint density at radius 2 is 2.23 bits per heavy atom. The normalized spacial score (nSPS) is 31.6. The van der Waals surface area contributed by atoms with Gasteiger partial charge in [-0.05, 0) is 31.4 Å². The first-order valence-electron chi connectivity index (χ1n) is 8.00. The second-order valence-corrected chi connectivity index (χ2v) is 6.59. The van der Waals surface area contributed by atoms with Gasteiger partial charge in [0.25, 0.3) is 0 Å². The van der Waals surface area contributed by atoms with Crippen LogP contribution in [0.25, 0.3) is 0 Å². The third-order valence-electron chi connectivity index (χ3n) is 5.56. The maximum atomic E-state index is 13.6. The average Bonchev–Trinajstić information content (AvgIpc) is 3.15. The Balaban J connectivity index is 1.46. The molecule has 0 aromatic carbocycles. The average molecular weight is 305 g/mol. The molecule has 2 heterocycles. The third kappa shape index (κ3) is 2.00. The van der Waals surface area contributed by atoms with E-state index in [0.29, 0.717) is 12.0 Å². The van der Waals surface area contributed by atoms with Gasteiger partial charge < -0.3 is 10.1 Å². The van der Waals surface area contributed by atoms with Gasteiger partial charge in [0.15, 0.2) is 11.6 Å². The van der Waals surface area contributed by atoms with Gasteiger partial charge in [-0.2, -0.15) is 0 Å². The van der Waals surface area contributed by atoms with Crippen LogP contribution >= 0.6 is 0 Å². The third-order valence-corrected chi connectivity index (χ3v) is 5.56. The molecule has 3 atom stereocenters. The van der Waals surface area contributed by atoms with Crippen molar-refractivity contribution in [3.63, 3.8) is 0 Å². The molecule has 2 aliphatic carbocycles. The minimum atomic E-state index is -0.524. The first kappa shape index (κ1) is 13.9. The van der Waals surface area contributed by atoms with Gasteiger partial charge in [0.1, 0.15) is 0 Å². The highest BCUT2D eigenvalue weighted by Crippen LogP contribution is 2.60. The van der Waals surface area contributed by atoms with Crippen LogP contribution in [0.4, 0.5) is 15.0 Å². The molecule has 1 aromatic heterocycles. The molecule has 3 fully saturated rings. The van der Waals surface area contributed by atoms with Crippen molar-refractivity contribution in [2.24, 2.45) is 11.3 Å². The van der Waals surface area contributed by atoms with E-state index in [1.54, 1.807) is 0 Å². The number of fused-ring (bicyclic) bond motifs is 2. The minimum absolute atomic E-state index is 0.0287. The van der Waals surface area contributed by atoms with Gasteiger partial charge in [0, 0.05) is 30.2 Å². The molecule has 0 bridgehead atoms. The molecule has 4 rings (SSSR count). The number of carbonyl (C=O) groups excluding carboxylic acids is 1. The van der Waals surface area contributed by atoms with Crippen LogP contribution in [0.1, 0.15) is 32.1 Å². The first-order chi connectivity index (χ1) is 10.7. The predicted octanol–water partition coefficient (Wildman–Crippen LogP) is 2.69. The maximum absolute atomic E-state index is 13.6. The summed E-state index contributed by atoms with van der Waals surface area (Å²) in [6.07, 6.45) is 7.36. The molecule has 22 heavy (non-hydrogen) atoms. The second-order valence-electron chi connectivity index (χ2n) is 6.59. The fourth-order valence-corrected chi connectivity index (χ4v) is 4.67. The molecule has 3 unspecified atom stereocenters. The number of carbonyl (C=O) groups is 1. The van der Waals surface area contributed by atoms with Crippen molar-refractivity contribution in [1.29, 1.82) is 0 Å². The number of hydrogen-bond acceptors (Lipinski definition) is 3. The Kier molecular flexibility index (Phi) is 3.29. The van der Waals surface area contributed by atoms with Crippen LogP contribution in [0.15, 0.2) is 18.3 Å². The van der Waals surface area contributed by atoms with E-state index >= 15 is 0 Å². The van der Waals surface area contributed by atoms with E-state index in [1.165, 1.54) is 31.2 Å². The number of nitrogens with zero attached hydrogens (tertiary/aromatic N) is 1. The summed E-state index contributed by atoms with van der Waals surface area (Å²) < 4.78 is 19.5. The highest BCUT2D eigenvalue weighted by molar-refractivity contribution is 5.88. The molecule has 1 saturated heterocycles. The number of aromatic nitrogens is 1. The summed E-state index contributed by atoms with van der Waals surface area (Å²) in [7, 11) is 0. The molecule has 6 heteroatoms. The van der Waals surface area contributed by atoms with Gasteiger partial charge in [0.2, 0.25) is 0 Å². The van der Waals surface area contributed by atoms with E-state index in [2.05, 4.69) is 15.6 Å². The molecule has 118 valence electrons. The quantitative estimate of drug-likeness (QED) is 0.883. The number of anilines is 1. The number of amides is 2. The number of nitrogens with one attached hydrogen (secondary N) is 2. The number of pyridine rings is 1. The molecule has 1 spiro atoms. The zero-order valence-electron chi connectivity index (χ0n) is 12.3. The molecular formula is C16H20FN3O2. The number of rotatable bonds is 2. The lowest BCUT2D eigenvalue weighted by Gasteiger charge is -2.56. The summed E-state index contributed by atoms with van der Waals surface area (Å²) >= 11 is 0. The Hall–Kier alpha value is -1.69. The van der Waals surface area contributed by atoms with Crippen LogP contribution in [0.2, 0.25) is 0 Å². The van der Waals surface area contributed by atoms with Crippen molar-refractivity contribution in [3.05, 3.63) is 24.1 Å². The van der Waals surface area contributed by atoms with Crippen LogP contribution in [0, 0.1) is 17.2 Å². The fourth-order valence-electron chi connectivity index (χ4n) is 4.67. The monoisotopic (exact) mass is 305 g/mol. The zero-order valence-corrected chi connectivity index (χ0v) is 12.3. The van der Waals surface area contributed by atoms with Crippen LogP contribution in [-0.4, -0.2) is 29.8 Å². The Morgan fingerprint density at radius 1 is 1.41 bits per heavy atom. The fraction of sp³-hybridized carbons (Fsp3) is 0.625. The van der Waals surface area contributed by atoms with Gasteiger partial charge in [-0.25, -0.2) is 14.2 Å². The summed E-state index contributed by atoms with van der Waals surface area (Å²) in [6, 6.07) is 2.54. The predicted molar refractivity (Wildman–Crippen MR) is 78.9 cm³/mol. The summed E-state index contributed by atoms with van der Waals surface area (Å²) in [5.41, 5.74) is 0.0984. The maximum Gasteiger partial charge on any atom is 0.320 e. The van der Waals surface area contributed by atoms with Gasteiger partial charge in [0.05, 0.1) is 6.10 Å². The SMILES string of the molecule is O=C(Nc1ncccc1F)NC1C2CCOC2C12CCCC2. The van der Waals surface area contributed by atoms with Crippen LogP contribution in [0.3, 0.4) is 0 Å². The van der Waals surface area contributed by atoms with Crippen molar-refractivity contribution < 1.29 is 13.9 Å². The minimum Gasteiger partial charge on any atom is -0.377 e. The highest BCUT2D eigenvalue weighted by Gasteiger charge is 2.65. The van der Waals surface area contributed by atoms with E-state index in [0.717, 1.165) is 25.9 Å². The number of halogens is 1. The van der Waals surface area contributed by atoms with Crippen LogP contribution in [-0.2, 0) is 4.74 Å². The van der Waals surface area contributed by atoms with E-state index in [-0.39, 0.29) is 23.3 Å². The first-order valence-corrected chi connectivity index (χ1v) is 8.00. The molecule has 3 aliphatic rings. The van der Waals surface area contributed by atoms with Crippen LogP contribution < -0.4 is 10.6 Å². The van der Waals surface area contributed by atoms with Gasteiger partial charge in [-0.3, -0.25) is 5.32 Å². The van der Waals surface area contributed by atoms with Crippen molar-refractivity contribution in [2.75, 3.05) is 11.9 Å². The van der Waals surface area contributed by atoms with Crippen molar-refractivity contribution in [2.45, 2.75) is 44.2 Å². The lowest BCUT2D eigenvalue weighted by atomic mass is 9.54. The number of hydrogen-bond donors (Lipinski definition) is 2. The molecular weight excluding hydrogens is 285 g/mol. The largest absolute Gasteiger partial charge is 0.377 e. The molecule has 1 aromatic rings. The second kappa shape index (κ2) is 5.19. The van der Waals surface area contributed by atoms with Gasteiger partial charge >= 0.3 is 6.03 Å². The van der Waals surface area contributed by atoms with Crippen molar-refractivity contribution in [3.8, 4) is 0 Å². The Bertz CT molecular complexity index is 589. The summed E-state index contributed by atoms with van der Waals surface area (Å²) in [5, 5.41) is 5.58. The number of ether oxygens (including phenoxy) is 1. The highest BCUT2D eigenvalue weighted by atomic mass is 19.1. The molecule has 2 N–H and O–H groups in total. The van der Waals surface area contributed by atoms with Crippen molar-refractivity contribution in [1.82, 2.24) is 10.3 Å². The lowest BCUT2D eigenvalue weighted by Crippen LogP contribution is -2.68. The summed E-state index contributed by atoms with van der Waals surface area (Å²) in [6.45, 7) is 0.783. The molecule has 0 radical (unpaired) electrons. The topological polar surface area (TPSA) is 63.2 Å². The Labute approximate surface area is 128 Å². The van der Waals surface area contributed by atoms with Gasteiger partial charge in [-0.1, -0.05) is 12.8 Å².